The molecule has 1 N–H and O–H groups in total. The molecule has 0 radical (unpaired) electrons. The van der Waals surface area contributed by atoms with Crippen molar-refractivity contribution in [2.45, 2.75) is 10.9 Å². The van der Waals surface area contributed by atoms with Crippen molar-refractivity contribution < 1.29 is 13.2 Å². The summed E-state index contributed by atoms with van der Waals surface area (Å²) in [5.41, 5.74) is 1.23. The summed E-state index contributed by atoms with van der Waals surface area (Å²) in [6.45, 7) is 0.204. The van der Waals surface area contributed by atoms with Crippen LogP contribution in [-0.2, 0) is 16.6 Å². The molecule has 0 saturated carbocycles. The van der Waals surface area contributed by atoms with Gasteiger partial charge in [-0.2, -0.15) is 4.31 Å². The van der Waals surface area contributed by atoms with E-state index in [0.717, 1.165) is 16.9 Å². The summed E-state index contributed by atoms with van der Waals surface area (Å²) < 4.78 is 26.3. The summed E-state index contributed by atoms with van der Waals surface area (Å²) in [6, 6.07) is 15.5. The number of anilines is 1. The quantitative estimate of drug-likeness (QED) is 0.615. The predicted molar refractivity (Wildman–Crippen MR) is 104 cm³/mol. The normalized spacial score (nSPS) is 11.5. The van der Waals surface area contributed by atoms with Crippen LogP contribution in [0.1, 0.15) is 15.9 Å². The maximum absolute atomic E-state index is 12.6. The number of carbonyl (C=O) groups excluding carboxylic acids is 1. The van der Waals surface area contributed by atoms with Gasteiger partial charge < -0.3 is 0 Å². The van der Waals surface area contributed by atoms with Crippen LogP contribution in [0.15, 0.2) is 58.9 Å². The SMILES string of the molecule is CN(Cc1ccccc1)S(=O)(=O)c1nnc(NC(=O)c2ccc(Cl)cc2)s1. The molecule has 0 bridgehead atoms. The molecule has 1 heterocycles. The van der Waals surface area contributed by atoms with Crippen LogP contribution < -0.4 is 5.32 Å². The first-order chi connectivity index (χ1) is 12.9. The lowest BCUT2D eigenvalue weighted by atomic mass is 10.2. The Labute approximate surface area is 165 Å². The number of nitrogens with one attached hydrogen (secondary N) is 1. The molecule has 0 aliphatic rings. The zero-order valence-corrected chi connectivity index (χ0v) is 16.6. The van der Waals surface area contributed by atoms with E-state index in [1.54, 1.807) is 24.3 Å². The Balaban J connectivity index is 1.72. The number of hydrogen-bond donors (Lipinski definition) is 1. The molecule has 10 heteroatoms. The van der Waals surface area contributed by atoms with Crippen LogP contribution >= 0.6 is 22.9 Å². The largest absolute Gasteiger partial charge is 0.296 e. The minimum absolute atomic E-state index is 0.0987. The Morgan fingerprint density at radius 2 is 1.78 bits per heavy atom. The van der Waals surface area contributed by atoms with E-state index in [1.807, 2.05) is 30.3 Å². The lowest BCUT2D eigenvalue weighted by molar-refractivity contribution is 0.102. The molecule has 27 heavy (non-hydrogen) atoms. The summed E-state index contributed by atoms with van der Waals surface area (Å²) in [7, 11) is -2.34. The van der Waals surface area contributed by atoms with Gasteiger partial charge in [-0.25, -0.2) is 8.42 Å². The van der Waals surface area contributed by atoms with Crippen LogP contribution in [0.4, 0.5) is 5.13 Å². The monoisotopic (exact) mass is 422 g/mol. The Bertz CT molecular complexity index is 1040. The van der Waals surface area contributed by atoms with E-state index in [9.17, 15) is 13.2 Å². The predicted octanol–water partition coefficient (Wildman–Crippen LogP) is 3.26. The van der Waals surface area contributed by atoms with Gasteiger partial charge >= 0.3 is 0 Å². The first-order valence-electron chi connectivity index (χ1n) is 7.77. The molecular weight excluding hydrogens is 408 g/mol. The molecule has 140 valence electrons. The molecule has 0 unspecified atom stereocenters. The summed E-state index contributed by atoms with van der Waals surface area (Å²) in [6.07, 6.45) is 0. The first kappa shape index (κ1) is 19.4. The van der Waals surface area contributed by atoms with Gasteiger partial charge in [0.25, 0.3) is 15.9 Å². The number of amides is 1. The van der Waals surface area contributed by atoms with Gasteiger partial charge in [0.1, 0.15) is 0 Å². The fourth-order valence-electron chi connectivity index (χ4n) is 2.19. The smallest absolute Gasteiger partial charge is 0.272 e. The van der Waals surface area contributed by atoms with Crippen molar-refractivity contribution >= 4 is 44.0 Å². The van der Waals surface area contributed by atoms with Gasteiger partial charge in [-0.1, -0.05) is 53.3 Å². The lowest BCUT2D eigenvalue weighted by Crippen LogP contribution is -2.26. The highest BCUT2D eigenvalue weighted by molar-refractivity contribution is 7.91. The minimum atomic E-state index is -3.81. The van der Waals surface area contributed by atoms with Crippen molar-refractivity contribution in [3.63, 3.8) is 0 Å². The molecule has 1 amide bonds. The summed E-state index contributed by atoms with van der Waals surface area (Å²) >= 11 is 6.59. The third-order valence-corrected chi connectivity index (χ3v) is 6.85. The van der Waals surface area contributed by atoms with Gasteiger partial charge in [-0.15, -0.1) is 10.2 Å². The molecule has 0 fully saturated rings. The van der Waals surface area contributed by atoms with E-state index in [4.69, 9.17) is 11.6 Å². The van der Waals surface area contributed by atoms with Crippen molar-refractivity contribution in [1.29, 1.82) is 0 Å². The van der Waals surface area contributed by atoms with Crippen LogP contribution in [0.5, 0.6) is 0 Å². The summed E-state index contributed by atoms with van der Waals surface area (Å²) in [4.78, 5) is 12.2. The average molecular weight is 423 g/mol. The third kappa shape index (κ3) is 4.69. The van der Waals surface area contributed by atoms with E-state index in [-0.39, 0.29) is 16.0 Å². The molecule has 2 aromatic carbocycles. The minimum Gasteiger partial charge on any atom is -0.296 e. The summed E-state index contributed by atoms with van der Waals surface area (Å²) in [5.74, 6) is -0.426. The van der Waals surface area contributed by atoms with E-state index in [0.29, 0.717) is 10.6 Å². The molecule has 3 aromatic rings. The van der Waals surface area contributed by atoms with Gasteiger partial charge in [-0.3, -0.25) is 10.1 Å². The zero-order chi connectivity index (χ0) is 19.4. The Morgan fingerprint density at radius 1 is 1.11 bits per heavy atom. The fourth-order valence-corrected chi connectivity index (χ4v) is 4.56. The van der Waals surface area contributed by atoms with Crippen molar-refractivity contribution in [3.05, 3.63) is 70.7 Å². The molecule has 3 rings (SSSR count). The van der Waals surface area contributed by atoms with Crippen LogP contribution in [0.25, 0.3) is 0 Å². The van der Waals surface area contributed by atoms with E-state index in [1.165, 1.54) is 11.4 Å². The Hall–Kier alpha value is -2.33. The molecule has 0 aliphatic heterocycles. The second kappa shape index (κ2) is 8.13. The Kier molecular flexibility index (Phi) is 5.85. The van der Waals surface area contributed by atoms with Gasteiger partial charge in [-0.05, 0) is 29.8 Å². The van der Waals surface area contributed by atoms with Crippen molar-refractivity contribution in [3.8, 4) is 0 Å². The van der Waals surface area contributed by atoms with Gasteiger partial charge in [0.2, 0.25) is 9.47 Å². The molecule has 0 spiro atoms. The second-order valence-corrected chi connectivity index (χ2v) is 9.21. The number of nitrogens with zero attached hydrogens (tertiary/aromatic N) is 3. The second-order valence-electron chi connectivity index (χ2n) is 5.58. The van der Waals surface area contributed by atoms with Gasteiger partial charge in [0.15, 0.2) is 0 Å². The standard InChI is InChI=1S/C17H15ClN4O3S2/c1-22(11-12-5-3-2-4-6-12)27(24,25)17-21-20-16(26-17)19-15(23)13-7-9-14(18)10-8-13/h2-10H,11H2,1H3,(H,19,20,23). The molecule has 1 aromatic heterocycles. The number of hydrogen-bond acceptors (Lipinski definition) is 6. The van der Waals surface area contributed by atoms with Crippen molar-refractivity contribution in [2.75, 3.05) is 12.4 Å². The zero-order valence-electron chi connectivity index (χ0n) is 14.2. The van der Waals surface area contributed by atoms with E-state index < -0.39 is 15.9 Å². The van der Waals surface area contributed by atoms with E-state index >= 15 is 0 Å². The summed E-state index contributed by atoms with van der Waals surface area (Å²) in [5, 5.41) is 10.6. The molecule has 0 saturated heterocycles. The van der Waals surface area contributed by atoms with Crippen LogP contribution in [0.3, 0.4) is 0 Å². The maximum atomic E-state index is 12.6. The van der Waals surface area contributed by atoms with E-state index in [2.05, 4.69) is 15.5 Å². The highest BCUT2D eigenvalue weighted by atomic mass is 35.5. The molecular formula is C17H15ClN4O3S2. The van der Waals surface area contributed by atoms with Crippen molar-refractivity contribution in [1.82, 2.24) is 14.5 Å². The number of carbonyl (C=O) groups is 1. The Morgan fingerprint density at radius 3 is 2.44 bits per heavy atom. The van der Waals surface area contributed by atoms with Gasteiger partial charge in [0.05, 0.1) is 0 Å². The topological polar surface area (TPSA) is 92.3 Å². The number of sulfonamides is 1. The molecule has 0 aliphatic carbocycles. The maximum Gasteiger partial charge on any atom is 0.272 e. The number of benzene rings is 2. The fraction of sp³-hybridized carbons (Fsp3) is 0.118. The highest BCUT2D eigenvalue weighted by Gasteiger charge is 2.26. The number of aromatic nitrogens is 2. The van der Waals surface area contributed by atoms with Gasteiger partial charge in [0, 0.05) is 24.2 Å². The average Bonchev–Trinajstić information content (AvgIpc) is 3.12. The van der Waals surface area contributed by atoms with Crippen LogP contribution in [0.2, 0.25) is 5.02 Å². The number of rotatable bonds is 6. The highest BCUT2D eigenvalue weighted by Crippen LogP contribution is 2.24. The molecule has 0 atom stereocenters. The lowest BCUT2D eigenvalue weighted by Gasteiger charge is -2.14. The van der Waals surface area contributed by atoms with Crippen LogP contribution in [-0.4, -0.2) is 35.9 Å². The first-order valence-corrected chi connectivity index (χ1v) is 10.4. The number of halogens is 1. The van der Waals surface area contributed by atoms with Crippen molar-refractivity contribution in [2.24, 2.45) is 0 Å². The van der Waals surface area contributed by atoms with Crippen LogP contribution in [0, 0.1) is 0 Å². The molecule has 7 nitrogen and oxygen atoms in total. The third-order valence-electron chi connectivity index (χ3n) is 3.61.